The second kappa shape index (κ2) is 11.8. The van der Waals surface area contributed by atoms with Gasteiger partial charge in [-0.2, -0.15) is 5.10 Å². The highest BCUT2D eigenvalue weighted by Crippen LogP contribution is 2.20. The molecule has 0 aromatic carbocycles. The second-order valence-electron chi connectivity index (χ2n) is 5.94. The van der Waals surface area contributed by atoms with E-state index in [4.69, 9.17) is 4.74 Å². The van der Waals surface area contributed by atoms with Crippen LogP contribution in [0.3, 0.4) is 0 Å². The third kappa shape index (κ3) is 6.88. The van der Waals surface area contributed by atoms with E-state index in [9.17, 15) is 0 Å². The minimum Gasteiger partial charge on any atom is -0.377 e. The molecule has 2 aromatic heterocycles. The standard InChI is InChI=1S/C16H25N7OS2.HI/c1-17-15(18-6-3-8-25-16-19-7-9-26-16)20-12-4-5-14-21-13(11-24-2)22-23(14)10-12;/h7,9,12H,3-6,8,10-11H2,1-2H3,(H2,17,18,20);1H. The Bertz CT molecular complexity index is 708. The SMILES string of the molecule is CN=C(NCCCSc1nccs1)NC1CCc2nc(COC)nn2C1.I. The summed E-state index contributed by atoms with van der Waals surface area (Å²) in [5, 5.41) is 13.4. The zero-order valence-electron chi connectivity index (χ0n) is 15.6. The minimum atomic E-state index is 0. The highest BCUT2D eigenvalue weighted by molar-refractivity contribution is 14.0. The fourth-order valence-electron chi connectivity index (χ4n) is 2.78. The van der Waals surface area contributed by atoms with Crippen molar-refractivity contribution in [1.82, 2.24) is 30.4 Å². The molecule has 0 fully saturated rings. The number of aliphatic imine (C=N–C) groups is 1. The van der Waals surface area contributed by atoms with E-state index in [1.165, 1.54) is 0 Å². The predicted octanol–water partition coefficient (Wildman–Crippen LogP) is 2.16. The van der Waals surface area contributed by atoms with E-state index >= 15 is 0 Å². The van der Waals surface area contributed by atoms with Crippen molar-refractivity contribution in [3.05, 3.63) is 23.2 Å². The smallest absolute Gasteiger partial charge is 0.191 e. The molecule has 3 heterocycles. The van der Waals surface area contributed by atoms with Gasteiger partial charge in [-0.05, 0) is 12.8 Å². The molecule has 150 valence electrons. The summed E-state index contributed by atoms with van der Waals surface area (Å²) < 4.78 is 8.22. The van der Waals surface area contributed by atoms with Gasteiger partial charge < -0.3 is 15.4 Å². The Kier molecular flexibility index (Phi) is 9.79. The highest BCUT2D eigenvalue weighted by Gasteiger charge is 2.22. The van der Waals surface area contributed by atoms with E-state index in [1.54, 1.807) is 37.3 Å². The van der Waals surface area contributed by atoms with E-state index in [0.29, 0.717) is 12.6 Å². The topological polar surface area (TPSA) is 89.2 Å². The van der Waals surface area contributed by atoms with Crippen molar-refractivity contribution in [2.24, 2.45) is 4.99 Å². The zero-order chi connectivity index (χ0) is 18.2. The number of halogens is 1. The first-order valence-corrected chi connectivity index (χ1v) is 10.6. The minimum absolute atomic E-state index is 0. The van der Waals surface area contributed by atoms with Gasteiger partial charge in [0.05, 0.1) is 6.54 Å². The first-order chi connectivity index (χ1) is 12.8. The summed E-state index contributed by atoms with van der Waals surface area (Å²) in [5.74, 6) is 3.68. The molecule has 2 N–H and O–H groups in total. The average Bonchev–Trinajstić information content (AvgIpc) is 3.29. The Morgan fingerprint density at radius 1 is 1.52 bits per heavy atom. The van der Waals surface area contributed by atoms with Gasteiger partial charge in [0.15, 0.2) is 11.8 Å². The van der Waals surface area contributed by atoms with Gasteiger partial charge in [0.1, 0.15) is 16.8 Å². The zero-order valence-corrected chi connectivity index (χ0v) is 19.5. The number of ether oxygens (including phenoxy) is 1. The Hall–Kier alpha value is -0.920. The van der Waals surface area contributed by atoms with Crippen molar-refractivity contribution in [3.63, 3.8) is 0 Å². The molecule has 27 heavy (non-hydrogen) atoms. The third-order valence-electron chi connectivity index (χ3n) is 3.99. The Labute approximate surface area is 185 Å². The molecule has 0 radical (unpaired) electrons. The van der Waals surface area contributed by atoms with Crippen molar-refractivity contribution >= 4 is 53.0 Å². The number of thiazole rings is 1. The Morgan fingerprint density at radius 3 is 3.15 bits per heavy atom. The number of hydrogen-bond acceptors (Lipinski definition) is 7. The summed E-state index contributed by atoms with van der Waals surface area (Å²) in [7, 11) is 3.47. The molecular formula is C16H26IN7OS2. The number of hydrogen-bond donors (Lipinski definition) is 2. The van der Waals surface area contributed by atoms with Crippen LogP contribution >= 0.6 is 47.1 Å². The van der Waals surface area contributed by atoms with Crippen LogP contribution in [0.25, 0.3) is 0 Å². The monoisotopic (exact) mass is 523 g/mol. The molecule has 0 saturated heterocycles. The first kappa shape index (κ1) is 22.4. The van der Waals surface area contributed by atoms with Gasteiger partial charge in [-0.25, -0.2) is 14.6 Å². The van der Waals surface area contributed by atoms with E-state index in [1.807, 2.05) is 16.3 Å². The number of nitrogens with one attached hydrogen (secondary N) is 2. The van der Waals surface area contributed by atoms with Crippen LogP contribution in [0.1, 0.15) is 24.5 Å². The molecule has 1 aliphatic rings. The normalized spacial score (nSPS) is 16.5. The molecule has 2 aromatic rings. The summed E-state index contributed by atoms with van der Waals surface area (Å²) in [6.07, 6.45) is 4.84. The van der Waals surface area contributed by atoms with Crippen LogP contribution in [0.15, 0.2) is 20.9 Å². The van der Waals surface area contributed by atoms with Crippen LogP contribution in [-0.2, 0) is 24.3 Å². The summed E-state index contributed by atoms with van der Waals surface area (Å²) in [6, 6.07) is 0.301. The third-order valence-corrected chi connectivity index (χ3v) is 6.04. The molecular weight excluding hydrogens is 497 g/mol. The lowest BCUT2D eigenvalue weighted by atomic mass is 10.1. The molecule has 0 saturated carbocycles. The second-order valence-corrected chi connectivity index (χ2v) is 8.17. The van der Waals surface area contributed by atoms with E-state index < -0.39 is 0 Å². The van der Waals surface area contributed by atoms with E-state index in [2.05, 4.69) is 30.7 Å². The summed E-state index contributed by atoms with van der Waals surface area (Å²) in [6.45, 7) is 2.14. The van der Waals surface area contributed by atoms with Crippen molar-refractivity contribution in [2.75, 3.05) is 26.5 Å². The molecule has 1 unspecified atom stereocenters. The molecule has 1 aliphatic heterocycles. The lowest BCUT2D eigenvalue weighted by molar-refractivity contribution is 0.177. The van der Waals surface area contributed by atoms with Crippen LogP contribution in [0.4, 0.5) is 0 Å². The quantitative estimate of drug-likeness (QED) is 0.180. The van der Waals surface area contributed by atoms with Crippen LogP contribution < -0.4 is 10.6 Å². The van der Waals surface area contributed by atoms with Crippen LogP contribution in [-0.4, -0.2) is 58.2 Å². The molecule has 0 spiro atoms. The maximum atomic E-state index is 5.11. The van der Waals surface area contributed by atoms with Gasteiger partial charge in [0.25, 0.3) is 0 Å². The van der Waals surface area contributed by atoms with Crippen molar-refractivity contribution in [2.45, 2.75) is 42.8 Å². The maximum Gasteiger partial charge on any atom is 0.191 e. The number of rotatable bonds is 8. The van der Waals surface area contributed by atoms with Gasteiger partial charge >= 0.3 is 0 Å². The van der Waals surface area contributed by atoms with Crippen LogP contribution in [0, 0.1) is 0 Å². The Morgan fingerprint density at radius 2 is 2.41 bits per heavy atom. The molecule has 3 rings (SSSR count). The van der Waals surface area contributed by atoms with Gasteiger partial charge in [0.2, 0.25) is 0 Å². The lowest BCUT2D eigenvalue weighted by Crippen LogP contribution is -2.47. The number of fused-ring (bicyclic) bond motifs is 1. The molecule has 1 atom stereocenters. The average molecular weight is 523 g/mol. The molecule has 0 amide bonds. The van der Waals surface area contributed by atoms with Gasteiger partial charge in [-0.3, -0.25) is 4.99 Å². The van der Waals surface area contributed by atoms with Crippen molar-refractivity contribution < 1.29 is 4.74 Å². The number of nitrogens with zero attached hydrogens (tertiary/aromatic N) is 5. The summed E-state index contributed by atoms with van der Waals surface area (Å²) >= 11 is 3.49. The fraction of sp³-hybridized carbons (Fsp3) is 0.625. The number of thioether (sulfide) groups is 1. The maximum absolute atomic E-state index is 5.11. The fourth-order valence-corrected chi connectivity index (χ4v) is 4.42. The van der Waals surface area contributed by atoms with Crippen LogP contribution in [0.5, 0.6) is 0 Å². The van der Waals surface area contributed by atoms with Crippen molar-refractivity contribution in [3.8, 4) is 0 Å². The van der Waals surface area contributed by atoms with E-state index in [0.717, 1.165) is 60.1 Å². The van der Waals surface area contributed by atoms with Gasteiger partial charge in [-0.15, -0.1) is 35.3 Å². The number of methoxy groups -OCH3 is 1. The van der Waals surface area contributed by atoms with Gasteiger partial charge in [0, 0.05) is 50.5 Å². The van der Waals surface area contributed by atoms with Crippen LogP contribution in [0.2, 0.25) is 0 Å². The molecule has 11 heteroatoms. The molecule has 0 bridgehead atoms. The van der Waals surface area contributed by atoms with Gasteiger partial charge in [-0.1, -0.05) is 11.8 Å². The summed E-state index contributed by atoms with van der Waals surface area (Å²) in [5.41, 5.74) is 0. The highest BCUT2D eigenvalue weighted by atomic mass is 127. The number of guanidine groups is 1. The largest absolute Gasteiger partial charge is 0.377 e. The summed E-state index contributed by atoms with van der Waals surface area (Å²) in [4.78, 5) is 13.1. The Balaban J connectivity index is 0.00000261. The first-order valence-electron chi connectivity index (χ1n) is 8.69. The number of aryl methyl sites for hydroxylation is 1. The van der Waals surface area contributed by atoms with E-state index in [-0.39, 0.29) is 24.0 Å². The van der Waals surface area contributed by atoms with Crippen molar-refractivity contribution in [1.29, 1.82) is 0 Å². The molecule has 0 aliphatic carbocycles. The lowest BCUT2D eigenvalue weighted by Gasteiger charge is -2.25. The predicted molar refractivity (Wildman–Crippen MR) is 120 cm³/mol. The molecule has 8 nitrogen and oxygen atoms in total. The number of aromatic nitrogens is 4.